The summed E-state index contributed by atoms with van der Waals surface area (Å²) in [6.07, 6.45) is 1.17. The number of carbonyl (C=O) groups excluding carboxylic acids is 2. The molecule has 0 aliphatic heterocycles. The molecule has 1 amide bonds. The summed E-state index contributed by atoms with van der Waals surface area (Å²) in [4.78, 5) is 23.7. The van der Waals surface area contributed by atoms with Gasteiger partial charge in [-0.15, -0.1) is 0 Å². The summed E-state index contributed by atoms with van der Waals surface area (Å²) >= 11 is 0. The van der Waals surface area contributed by atoms with Gasteiger partial charge in [-0.1, -0.05) is 18.2 Å². The van der Waals surface area contributed by atoms with Gasteiger partial charge in [0.05, 0.1) is 7.11 Å². The molecule has 0 saturated carbocycles. The molecule has 1 N–H and O–H groups in total. The number of benzene rings is 2. The second kappa shape index (κ2) is 6.52. The van der Waals surface area contributed by atoms with Gasteiger partial charge in [0.15, 0.2) is 12.4 Å². The minimum Gasteiger partial charge on any atom is -0.497 e. The van der Waals surface area contributed by atoms with Crippen molar-refractivity contribution in [3.05, 3.63) is 53.6 Å². The fraction of sp³-hybridized carbons (Fsp3) is 0.222. The first-order chi connectivity index (χ1) is 11.2. The Kier molecular flexibility index (Phi) is 4.28. The van der Waals surface area contributed by atoms with Crippen molar-refractivity contribution in [3.63, 3.8) is 0 Å². The highest BCUT2D eigenvalue weighted by Gasteiger charge is 2.22. The number of amides is 1. The van der Waals surface area contributed by atoms with Crippen LogP contribution in [0.4, 0.5) is 5.69 Å². The average molecular weight is 311 g/mol. The fourth-order valence-corrected chi connectivity index (χ4v) is 2.63. The number of hydrogen-bond donors (Lipinski definition) is 1. The van der Waals surface area contributed by atoms with E-state index in [0.29, 0.717) is 35.6 Å². The van der Waals surface area contributed by atoms with Gasteiger partial charge >= 0.3 is 0 Å². The molecular formula is C18H17NO4. The Morgan fingerprint density at radius 2 is 2.00 bits per heavy atom. The fourth-order valence-electron chi connectivity index (χ4n) is 2.63. The van der Waals surface area contributed by atoms with Crippen molar-refractivity contribution in [2.24, 2.45) is 0 Å². The van der Waals surface area contributed by atoms with Crippen LogP contribution in [0.2, 0.25) is 0 Å². The summed E-state index contributed by atoms with van der Waals surface area (Å²) in [5.41, 5.74) is 2.24. The molecule has 0 spiro atoms. The summed E-state index contributed by atoms with van der Waals surface area (Å²) < 4.78 is 10.7. The highest BCUT2D eigenvalue weighted by atomic mass is 16.5. The zero-order chi connectivity index (χ0) is 16.2. The van der Waals surface area contributed by atoms with E-state index in [1.54, 1.807) is 49.6 Å². The zero-order valence-electron chi connectivity index (χ0n) is 12.8. The van der Waals surface area contributed by atoms with Crippen LogP contribution in [0.3, 0.4) is 0 Å². The van der Waals surface area contributed by atoms with Crippen molar-refractivity contribution in [2.45, 2.75) is 12.8 Å². The molecule has 0 saturated heterocycles. The van der Waals surface area contributed by atoms with Crippen molar-refractivity contribution in [2.75, 3.05) is 19.0 Å². The predicted octanol–water partition coefficient (Wildman–Crippen LogP) is 2.84. The third-order valence-electron chi connectivity index (χ3n) is 3.75. The molecule has 5 heteroatoms. The molecule has 0 radical (unpaired) electrons. The molecule has 2 aromatic carbocycles. The number of hydrogen-bond acceptors (Lipinski definition) is 4. The molecular weight excluding hydrogens is 294 g/mol. The molecule has 1 aliphatic carbocycles. The monoisotopic (exact) mass is 311 g/mol. The van der Waals surface area contributed by atoms with Gasteiger partial charge in [-0.05, 0) is 24.6 Å². The number of methoxy groups -OCH3 is 1. The molecule has 0 fully saturated rings. The number of nitrogens with one attached hydrogen (secondary N) is 1. The number of fused-ring (bicyclic) bond motifs is 1. The molecule has 5 nitrogen and oxygen atoms in total. The molecule has 2 aromatic rings. The van der Waals surface area contributed by atoms with Crippen LogP contribution in [-0.4, -0.2) is 25.4 Å². The lowest BCUT2D eigenvalue weighted by molar-refractivity contribution is -0.118. The number of Topliss-reactive ketones (excluding diaryl/α,β-unsaturated/α-hetero) is 1. The van der Waals surface area contributed by atoms with Crippen molar-refractivity contribution < 1.29 is 19.1 Å². The van der Waals surface area contributed by atoms with E-state index in [0.717, 1.165) is 5.56 Å². The Hall–Kier alpha value is -2.82. The van der Waals surface area contributed by atoms with E-state index in [9.17, 15) is 9.59 Å². The molecule has 0 unspecified atom stereocenters. The van der Waals surface area contributed by atoms with Crippen LogP contribution in [0, 0.1) is 0 Å². The van der Waals surface area contributed by atoms with Gasteiger partial charge in [-0.25, -0.2) is 0 Å². The minimum absolute atomic E-state index is 0.109. The predicted molar refractivity (Wildman–Crippen MR) is 86.2 cm³/mol. The van der Waals surface area contributed by atoms with E-state index < -0.39 is 0 Å². The maximum Gasteiger partial charge on any atom is 0.262 e. The number of carbonyl (C=O) groups is 2. The number of ether oxygens (including phenoxy) is 2. The van der Waals surface area contributed by atoms with Crippen molar-refractivity contribution in [1.29, 1.82) is 0 Å². The van der Waals surface area contributed by atoms with Gasteiger partial charge in [-0.3, -0.25) is 9.59 Å². The summed E-state index contributed by atoms with van der Waals surface area (Å²) in [5.74, 6) is 1.14. The van der Waals surface area contributed by atoms with Gasteiger partial charge < -0.3 is 14.8 Å². The van der Waals surface area contributed by atoms with Crippen molar-refractivity contribution in [1.82, 2.24) is 0 Å². The normalized spacial score (nSPS) is 12.7. The molecule has 0 bridgehead atoms. The maximum atomic E-state index is 12.0. The summed E-state index contributed by atoms with van der Waals surface area (Å²) in [7, 11) is 1.57. The molecule has 1 aliphatic rings. The Morgan fingerprint density at radius 3 is 2.83 bits per heavy atom. The van der Waals surface area contributed by atoms with Crippen LogP contribution in [0.1, 0.15) is 22.3 Å². The van der Waals surface area contributed by atoms with E-state index >= 15 is 0 Å². The summed E-state index contributed by atoms with van der Waals surface area (Å²) in [6.45, 7) is -0.109. The van der Waals surface area contributed by atoms with Crippen molar-refractivity contribution in [3.8, 4) is 11.5 Å². The van der Waals surface area contributed by atoms with Crippen LogP contribution < -0.4 is 14.8 Å². The highest BCUT2D eigenvalue weighted by molar-refractivity contribution is 6.01. The van der Waals surface area contributed by atoms with E-state index in [4.69, 9.17) is 9.47 Å². The first-order valence-corrected chi connectivity index (χ1v) is 7.39. The smallest absolute Gasteiger partial charge is 0.262 e. The number of anilines is 1. The molecule has 3 rings (SSSR count). The second-order valence-corrected chi connectivity index (χ2v) is 5.27. The lowest BCUT2D eigenvalue weighted by atomic mass is 10.1. The lowest BCUT2D eigenvalue weighted by Gasteiger charge is -2.11. The zero-order valence-corrected chi connectivity index (χ0v) is 12.8. The quantitative estimate of drug-likeness (QED) is 0.922. The Morgan fingerprint density at radius 1 is 1.17 bits per heavy atom. The van der Waals surface area contributed by atoms with Crippen LogP contribution in [0.25, 0.3) is 0 Å². The van der Waals surface area contributed by atoms with Gasteiger partial charge in [0, 0.05) is 29.3 Å². The van der Waals surface area contributed by atoms with Crippen LogP contribution in [0.5, 0.6) is 11.5 Å². The summed E-state index contributed by atoms with van der Waals surface area (Å²) in [6, 6.07) is 12.5. The molecule has 0 atom stereocenters. The first-order valence-electron chi connectivity index (χ1n) is 7.39. The van der Waals surface area contributed by atoms with E-state index in [1.807, 2.05) is 0 Å². The largest absolute Gasteiger partial charge is 0.497 e. The molecule has 0 heterocycles. The third kappa shape index (κ3) is 3.34. The minimum atomic E-state index is -0.264. The lowest BCUT2D eigenvalue weighted by Crippen LogP contribution is -2.20. The van der Waals surface area contributed by atoms with Gasteiger partial charge in [0.1, 0.15) is 11.5 Å². The van der Waals surface area contributed by atoms with E-state index in [2.05, 4.69) is 5.32 Å². The van der Waals surface area contributed by atoms with Gasteiger partial charge in [0.2, 0.25) is 0 Å². The second-order valence-electron chi connectivity index (χ2n) is 5.27. The number of ketones is 1. The topological polar surface area (TPSA) is 64.6 Å². The standard InChI is InChI=1S/C18H17NO4/c1-22-13-5-2-4-12(10-13)19-18(21)11-23-17-7-3-6-14-15(17)8-9-16(14)20/h2-7,10H,8-9,11H2,1H3,(H,19,21). The van der Waals surface area contributed by atoms with Crippen LogP contribution >= 0.6 is 0 Å². The van der Waals surface area contributed by atoms with Gasteiger partial charge in [-0.2, -0.15) is 0 Å². The van der Waals surface area contributed by atoms with Crippen LogP contribution in [0.15, 0.2) is 42.5 Å². The van der Waals surface area contributed by atoms with E-state index in [1.165, 1.54) is 0 Å². The van der Waals surface area contributed by atoms with E-state index in [-0.39, 0.29) is 18.3 Å². The van der Waals surface area contributed by atoms with Crippen LogP contribution in [-0.2, 0) is 11.2 Å². The Labute approximate surface area is 134 Å². The SMILES string of the molecule is COc1cccc(NC(=O)COc2cccc3c2CCC3=O)c1. The highest BCUT2D eigenvalue weighted by Crippen LogP contribution is 2.30. The molecule has 23 heavy (non-hydrogen) atoms. The maximum absolute atomic E-state index is 12.0. The molecule has 0 aromatic heterocycles. The Bertz CT molecular complexity index is 754. The average Bonchev–Trinajstić information content (AvgIpc) is 2.95. The Balaban J connectivity index is 1.63. The summed E-state index contributed by atoms with van der Waals surface area (Å²) in [5, 5.41) is 2.75. The third-order valence-corrected chi connectivity index (χ3v) is 3.75. The molecule has 118 valence electrons. The van der Waals surface area contributed by atoms with Crippen molar-refractivity contribution >= 4 is 17.4 Å². The number of rotatable bonds is 5. The first kappa shape index (κ1) is 15.1. The van der Waals surface area contributed by atoms with Gasteiger partial charge in [0.25, 0.3) is 5.91 Å².